The van der Waals surface area contributed by atoms with Crippen molar-refractivity contribution in [2.75, 3.05) is 32.1 Å². The molecule has 82 valence electrons. The average Bonchev–Trinajstić information content (AvgIpc) is 2.98. The van der Waals surface area contributed by atoms with Gasteiger partial charge in [0.05, 0.1) is 18.8 Å². The van der Waals surface area contributed by atoms with Gasteiger partial charge in [0.1, 0.15) is 5.75 Å². The molecule has 1 saturated heterocycles. The Morgan fingerprint density at radius 3 is 3.07 bits per heavy atom. The van der Waals surface area contributed by atoms with Gasteiger partial charge < -0.3 is 15.0 Å². The summed E-state index contributed by atoms with van der Waals surface area (Å²) in [4.78, 5) is 2.28. The molecule has 1 aromatic carbocycles. The SMILES string of the molecule is CNCC1CN1c1cc(Cl)ccc1OC. The molecule has 0 aliphatic carbocycles. The minimum Gasteiger partial charge on any atom is -0.495 e. The van der Waals surface area contributed by atoms with Crippen molar-refractivity contribution in [2.45, 2.75) is 6.04 Å². The number of hydrogen-bond donors (Lipinski definition) is 1. The zero-order chi connectivity index (χ0) is 10.8. The van der Waals surface area contributed by atoms with E-state index in [1.807, 2.05) is 25.2 Å². The number of ether oxygens (including phenoxy) is 1. The van der Waals surface area contributed by atoms with E-state index in [0.717, 1.165) is 29.5 Å². The third-order valence-corrected chi connectivity index (χ3v) is 2.84. The maximum Gasteiger partial charge on any atom is 0.142 e. The van der Waals surface area contributed by atoms with Crippen LogP contribution in [-0.4, -0.2) is 33.3 Å². The molecular weight excluding hydrogens is 212 g/mol. The van der Waals surface area contributed by atoms with Gasteiger partial charge >= 0.3 is 0 Å². The van der Waals surface area contributed by atoms with Crippen LogP contribution in [0.25, 0.3) is 0 Å². The summed E-state index contributed by atoms with van der Waals surface area (Å²) in [6, 6.07) is 6.28. The second kappa shape index (κ2) is 4.29. The van der Waals surface area contributed by atoms with Crippen molar-refractivity contribution < 1.29 is 4.74 Å². The fourth-order valence-corrected chi connectivity index (χ4v) is 1.94. The first-order valence-corrected chi connectivity index (χ1v) is 5.39. The van der Waals surface area contributed by atoms with E-state index in [1.54, 1.807) is 7.11 Å². The number of benzene rings is 1. The highest BCUT2D eigenvalue weighted by molar-refractivity contribution is 6.31. The number of methoxy groups -OCH3 is 1. The molecule has 0 amide bonds. The maximum atomic E-state index is 5.97. The van der Waals surface area contributed by atoms with E-state index < -0.39 is 0 Å². The lowest BCUT2D eigenvalue weighted by Crippen LogP contribution is -2.17. The van der Waals surface area contributed by atoms with E-state index in [2.05, 4.69) is 10.2 Å². The zero-order valence-corrected chi connectivity index (χ0v) is 9.71. The molecule has 1 fully saturated rings. The molecule has 1 heterocycles. The maximum absolute atomic E-state index is 5.97. The van der Waals surface area contributed by atoms with Crippen molar-refractivity contribution in [2.24, 2.45) is 0 Å². The first-order chi connectivity index (χ1) is 7.26. The van der Waals surface area contributed by atoms with Gasteiger partial charge in [-0.25, -0.2) is 0 Å². The first-order valence-electron chi connectivity index (χ1n) is 5.01. The highest BCUT2D eigenvalue weighted by Crippen LogP contribution is 2.37. The lowest BCUT2D eigenvalue weighted by Gasteiger charge is -2.11. The summed E-state index contributed by atoms with van der Waals surface area (Å²) in [7, 11) is 3.65. The molecule has 0 radical (unpaired) electrons. The molecule has 0 saturated carbocycles. The van der Waals surface area contributed by atoms with Gasteiger partial charge in [0, 0.05) is 18.1 Å². The Labute approximate surface area is 95.0 Å². The van der Waals surface area contributed by atoms with Gasteiger partial charge in [0.25, 0.3) is 0 Å². The minimum atomic E-state index is 0.572. The molecule has 3 nitrogen and oxygen atoms in total. The van der Waals surface area contributed by atoms with Gasteiger partial charge in [0.2, 0.25) is 0 Å². The molecule has 0 aromatic heterocycles. The molecule has 1 unspecified atom stereocenters. The summed E-state index contributed by atoms with van der Waals surface area (Å²) in [5.74, 6) is 0.887. The number of likely N-dealkylation sites (N-methyl/N-ethyl adjacent to an activating group) is 1. The number of nitrogens with zero attached hydrogens (tertiary/aromatic N) is 1. The molecular formula is C11H15ClN2O. The second-order valence-electron chi connectivity index (χ2n) is 3.68. The number of rotatable bonds is 4. The van der Waals surface area contributed by atoms with Gasteiger partial charge in [-0.1, -0.05) is 11.6 Å². The largest absolute Gasteiger partial charge is 0.495 e. The first kappa shape index (κ1) is 10.6. The Hall–Kier alpha value is -0.930. The Bertz CT molecular complexity index is 356. The van der Waals surface area contributed by atoms with Crippen LogP contribution in [-0.2, 0) is 0 Å². The van der Waals surface area contributed by atoms with Crippen LogP contribution >= 0.6 is 11.6 Å². The van der Waals surface area contributed by atoms with Gasteiger partial charge in [-0.2, -0.15) is 0 Å². The zero-order valence-electron chi connectivity index (χ0n) is 8.96. The van der Waals surface area contributed by atoms with Crippen LogP contribution in [0.5, 0.6) is 5.75 Å². The van der Waals surface area contributed by atoms with Crippen molar-refractivity contribution in [3.8, 4) is 5.75 Å². The number of nitrogens with one attached hydrogen (secondary N) is 1. The molecule has 1 N–H and O–H groups in total. The van der Waals surface area contributed by atoms with Crippen LogP contribution in [0.1, 0.15) is 0 Å². The standard InChI is InChI=1S/C11H15ClN2O/c1-13-6-9-7-14(9)10-5-8(12)3-4-11(10)15-2/h3-5,9,13H,6-7H2,1-2H3. The van der Waals surface area contributed by atoms with Crippen LogP contribution in [0.4, 0.5) is 5.69 Å². The summed E-state index contributed by atoms with van der Waals surface area (Å²) >= 11 is 5.97. The Balaban J connectivity index is 2.17. The fourth-order valence-electron chi connectivity index (χ4n) is 1.77. The highest BCUT2D eigenvalue weighted by Gasteiger charge is 2.35. The van der Waals surface area contributed by atoms with Gasteiger partial charge in [0.15, 0.2) is 0 Å². The molecule has 1 aromatic rings. The van der Waals surface area contributed by atoms with Crippen LogP contribution in [0.3, 0.4) is 0 Å². The van der Waals surface area contributed by atoms with Gasteiger partial charge in [-0.15, -0.1) is 0 Å². The molecule has 1 aliphatic heterocycles. The Kier molecular flexibility index (Phi) is 3.03. The lowest BCUT2D eigenvalue weighted by molar-refractivity contribution is 0.416. The van der Waals surface area contributed by atoms with Crippen LogP contribution in [0.2, 0.25) is 5.02 Å². The number of halogens is 1. The van der Waals surface area contributed by atoms with E-state index in [-0.39, 0.29) is 0 Å². The normalized spacial score (nSPS) is 19.1. The molecule has 2 rings (SSSR count). The fraction of sp³-hybridized carbons (Fsp3) is 0.455. The van der Waals surface area contributed by atoms with E-state index in [1.165, 1.54) is 0 Å². The summed E-state index contributed by atoms with van der Waals surface area (Å²) in [5, 5.41) is 3.92. The van der Waals surface area contributed by atoms with Crippen molar-refractivity contribution in [3.05, 3.63) is 23.2 Å². The number of anilines is 1. The van der Waals surface area contributed by atoms with Crippen molar-refractivity contribution in [1.82, 2.24) is 5.32 Å². The van der Waals surface area contributed by atoms with E-state index >= 15 is 0 Å². The average molecular weight is 227 g/mol. The molecule has 1 atom stereocenters. The molecule has 4 heteroatoms. The summed E-state index contributed by atoms with van der Waals surface area (Å²) in [5.41, 5.74) is 1.09. The molecule has 0 spiro atoms. The van der Waals surface area contributed by atoms with E-state index in [0.29, 0.717) is 6.04 Å². The van der Waals surface area contributed by atoms with Crippen LogP contribution in [0.15, 0.2) is 18.2 Å². The predicted molar refractivity (Wildman–Crippen MR) is 63.1 cm³/mol. The van der Waals surface area contributed by atoms with Gasteiger partial charge in [-0.05, 0) is 25.2 Å². The van der Waals surface area contributed by atoms with E-state index in [4.69, 9.17) is 16.3 Å². The van der Waals surface area contributed by atoms with Crippen LogP contribution < -0.4 is 15.0 Å². The highest BCUT2D eigenvalue weighted by atomic mass is 35.5. The van der Waals surface area contributed by atoms with Crippen molar-refractivity contribution >= 4 is 17.3 Å². The predicted octanol–water partition coefficient (Wildman–Crippen LogP) is 1.76. The summed E-state index contributed by atoms with van der Waals surface area (Å²) in [6.07, 6.45) is 0. The Morgan fingerprint density at radius 1 is 1.60 bits per heavy atom. The van der Waals surface area contributed by atoms with Crippen molar-refractivity contribution in [1.29, 1.82) is 0 Å². The lowest BCUT2D eigenvalue weighted by atomic mass is 10.3. The van der Waals surface area contributed by atoms with Gasteiger partial charge in [-0.3, -0.25) is 0 Å². The number of hydrogen-bond acceptors (Lipinski definition) is 3. The Morgan fingerprint density at radius 2 is 2.40 bits per heavy atom. The van der Waals surface area contributed by atoms with E-state index in [9.17, 15) is 0 Å². The third-order valence-electron chi connectivity index (χ3n) is 2.60. The molecule has 0 bridgehead atoms. The topological polar surface area (TPSA) is 24.3 Å². The monoisotopic (exact) mass is 226 g/mol. The quantitative estimate of drug-likeness (QED) is 0.792. The summed E-state index contributed by atoms with van der Waals surface area (Å²) < 4.78 is 5.31. The third kappa shape index (κ3) is 2.19. The summed E-state index contributed by atoms with van der Waals surface area (Å²) in [6.45, 7) is 2.06. The molecule has 15 heavy (non-hydrogen) atoms. The van der Waals surface area contributed by atoms with Crippen LogP contribution in [0, 0.1) is 0 Å². The molecule has 1 aliphatic rings. The minimum absolute atomic E-state index is 0.572. The smallest absolute Gasteiger partial charge is 0.142 e. The van der Waals surface area contributed by atoms with Crippen molar-refractivity contribution in [3.63, 3.8) is 0 Å². The second-order valence-corrected chi connectivity index (χ2v) is 4.12.